The molecule has 0 bridgehead atoms. The Morgan fingerprint density at radius 2 is 1.37 bits per heavy atom. The lowest BCUT2D eigenvalue weighted by Gasteiger charge is -2.37. The highest BCUT2D eigenvalue weighted by atomic mass is 15.8. The van der Waals surface area contributed by atoms with Gasteiger partial charge in [-0.2, -0.15) is 0 Å². The van der Waals surface area contributed by atoms with Gasteiger partial charge in [0, 0.05) is 29.7 Å². The van der Waals surface area contributed by atoms with Gasteiger partial charge >= 0.3 is 0 Å². The Morgan fingerprint density at radius 3 is 1.87 bits per heavy atom. The summed E-state index contributed by atoms with van der Waals surface area (Å²) in [6.07, 6.45) is 5.79. The fourth-order valence-electron chi connectivity index (χ4n) is 3.57. The number of nitrogens with one attached hydrogen (secondary N) is 3. The number of hydrogen-bond donors (Lipinski definition) is 3. The van der Waals surface area contributed by atoms with E-state index in [1.165, 1.54) is 18.4 Å². The monoisotopic (exact) mass is 407 g/mol. The van der Waals surface area contributed by atoms with Crippen molar-refractivity contribution in [1.82, 2.24) is 5.53 Å². The van der Waals surface area contributed by atoms with Crippen LogP contribution >= 0.6 is 0 Å². The fraction of sp³-hybridized carbons (Fsp3) is 0.440. The average Bonchev–Trinajstić information content (AvgIpc) is 2.72. The molecule has 5 heteroatoms. The zero-order valence-corrected chi connectivity index (χ0v) is 19.1. The van der Waals surface area contributed by atoms with E-state index in [-0.39, 0.29) is 0 Å². The molecule has 5 nitrogen and oxygen atoms in total. The second-order valence-corrected chi connectivity index (χ2v) is 8.64. The zero-order valence-electron chi connectivity index (χ0n) is 19.1. The quantitative estimate of drug-likeness (QED) is 0.465. The van der Waals surface area contributed by atoms with Crippen molar-refractivity contribution in [3.05, 3.63) is 60.3 Å². The molecule has 3 rings (SSSR count). The SMILES string of the molecule is CCCCC1=CN(c2ccc(NC(C)C)cc2)NN(c2ccc(NC(C)C)cc2)C1. The van der Waals surface area contributed by atoms with Gasteiger partial charge in [0.1, 0.15) is 0 Å². The number of unbranched alkanes of at least 4 members (excludes halogenated alkanes) is 1. The molecule has 0 saturated carbocycles. The van der Waals surface area contributed by atoms with Crippen molar-refractivity contribution in [3.63, 3.8) is 0 Å². The molecule has 0 atom stereocenters. The van der Waals surface area contributed by atoms with Gasteiger partial charge in [0.2, 0.25) is 0 Å². The molecule has 3 N–H and O–H groups in total. The lowest BCUT2D eigenvalue weighted by atomic mass is 10.1. The van der Waals surface area contributed by atoms with Crippen LogP contribution in [0.25, 0.3) is 0 Å². The van der Waals surface area contributed by atoms with Crippen molar-refractivity contribution in [2.24, 2.45) is 0 Å². The molecule has 0 aliphatic carbocycles. The van der Waals surface area contributed by atoms with Crippen LogP contribution in [-0.2, 0) is 0 Å². The molecule has 1 aliphatic heterocycles. The van der Waals surface area contributed by atoms with Gasteiger partial charge in [0.15, 0.2) is 0 Å². The van der Waals surface area contributed by atoms with E-state index >= 15 is 0 Å². The number of nitrogens with zero attached hydrogens (tertiary/aromatic N) is 2. The van der Waals surface area contributed by atoms with Crippen LogP contribution < -0.4 is 26.2 Å². The van der Waals surface area contributed by atoms with Gasteiger partial charge in [-0.3, -0.25) is 10.0 Å². The molecule has 30 heavy (non-hydrogen) atoms. The van der Waals surface area contributed by atoms with Gasteiger partial charge in [-0.25, -0.2) is 0 Å². The first-order valence-electron chi connectivity index (χ1n) is 11.2. The second kappa shape index (κ2) is 10.4. The van der Waals surface area contributed by atoms with Crippen molar-refractivity contribution in [2.45, 2.75) is 66.0 Å². The van der Waals surface area contributed by atoms with Gasteiger partial charge < -0.3 is 10.6 Å². The van der Waals surface area contributed by atoms with Gasteiger partial charge in [-0.1, -0.05) is 13.3 Å². The fourth-order valence-corrected chi connectivity index (χ4v) is 3.57. The normalized spacial score (nSPS) is 14.3. The van der Waals surface area contributed by atoms with Crippen molar-refractivity contribution in [3.8, 4) is 0 Å². The Labute approximate surface area is 182 Å². The summed E-state index contributed by atoms with van der Waals surface area (Å²) in [5.41, 5.74) is 9.58. The third kappa shape index (κ3) is 6.17. The van der Waals surface area contributed by atoms with Crippen LogP contribution in [0.4, 0.5) is 22.7 Å². The second-order valence-electron chi connectivity index (χ2n) is 8.64. The van der Waals surface area contributed by atoms with Gasteiger partial charge in [-0.05, 0) is 94.6 Å². The van der Waals surface area contributed by atoms with Crippen LogP contribution in [0, 0.1) is 0 Å². The van der Waals surface area contributed by atoms with Crippen molar-refractivity contribution in [1.29, 1.82) is 0 Å². The van der Waals surface area contributed by atoms with Gasteiger partial charge in [0.25, 0.3) is 0 Å². The van der Waals surface area contributed by atoms with E-state index in [2.05, 4.69) is 116 Å². The van der Waals surface area contributed by atoms with Crippen LogP contribution in [0.1, 0.15) is 53.9 Å². The largest absolute Gasteiger partial charge is 0.383 e. The molecule has 0 radical (unpaired) electrons. The molecule has 162 valence electrons. The summed E-state index contributed by atoms with van der Waals surface area (Å²) in [4.78, 5) is 0. The molecule has 1 heterocycles. The lowest BCUT2D eigenvalue weighted by Crippen LogP contribution is -2.52. The summed E-state index contributed by atoms with van der Waals surface area (Å²) in [6, 6.07) is 18.1. The number of rotatable bonds is 9. The first kappa shape index (κ1) is 22.0. The van der Waals surface area contributed by atoms with Crippen LogP contribution in [-0.4, -0.2) is 18.6 Å². The molecule has 0 spiro atoms. The highest BCUT2D eigenvalue weighted by Gasteiger charge is 2.19. The molecule has 0 saturated heterocycles. The molecular formula is C25H37N5. The highest BCUT2D eigenvalue weighted by Crippen LogP contribution is 2.26. The van der Waals surface area contributed by atoms with E-state index in [1.54, 1.807) is 0 Å². The predicted molar refractivity (Wildman–Crippen MR) is 131 cm³/mol. The first-order valence-corrected chi connectivity index (χ1v) is 11.2. The average molecular weight is 408 g/mol. The van der Waals surface area contributed by atoms with Crippen LogP contribution in [0.2, 0.25) is 0 Å². The van der Waals surface area contributed by atoms with E-state index in [1.807, 2.05) is 0 Å². The Bertz CT molecular complexity index is 808. The summed E-state index contributed by atoms with van der Waals surface area (Å²) in [7, 11) is 0. The molecular weight excluding hydrogens is 370 g/mol. The predicted octanol–water partition coefficient (Wildman–Crippen LogP) is 6.15. The minimum Gasteiger partial charge on any atom is -0.383 e. The number of anilines is 4. The van der Waals surface area contributed by atoms with Gasteiger partial charge in [-0.15, -0.1) is 5.53 Å². The van der Waals surface area contributed by atoms with E-state index in [9.17, 15) is 0 Å². The van der Waals surface area contributed by atoms with E-state index in [0.29, 0.717) is 12.1 Å². The summed E-state index contributed by atoms with van der Waals surface area (Å²) >= 11 is 0. The van der Waals surface area contributed by atoms with E-state index in [4.69, 9.17) is 0 Å². The van der Waals surface area contributed by atoms with Crippen molar-refractivity contribution in [2.75, 3.05) is 27.2 Å². The molecule has 0 unspecified atom stereocenters. The third-order valence-corrected chi connectivity index (χ3v) is 4.99. The summed E-state index contributed by atoms with van der Waals surface area (Å²) < 4.78 is 0. The van der Waals surface area contributed by atoms with Crippen molar-refractivity contribution < 1.29 is 0 Å². The molecule has 2 aromatic carbocycles. The Hall–Kier alpha value is -2.66. The topological polar surface area (TPSA) is 42.6 Å². The smallest absolute Gasteiger partial charge is 0.0590 e. The number of benzene rings is 2. The standard InChI is InChI=1S/C25H37N5/c1-6-7-8-21-17-29(24-13-9-22(10-14-24)26-19(2)3)28-30(18-21)25-15-11-23(12-16-25)27-20(4)5/h9-17,19-20,26-28H,6-8,18H2,1-5H3. The lowest BCUT2D eigenvalue weighted by molar-refractivity contribution is 0.602. The maximum absolute atomic E-state index is 3.56. The summed E-state index contributed by atoms with van der Waals surface area (Å²) in [5, 5.41) is 11.3. The number of hydrazine groups is 2. The minimum atomic E-state index is 0.424. The summed E-state index contributed by atoms with van der Waals surface area (Å²) in [6.45, 7) is 11.8. The highest BCUT2D eigenvalue weighted by molar-refractivity contribution is 5.60. The summed E-state index contributed by atoms with van der Waals surface area (Å²) in [5.74, 6) is 0. The Balaban J connectivity index is 1.79. The van der Waals surface area contributed by atoms with Crippen LogP contribution in [0.15, 0.2) is 60.3 Å². The molecule has 0 aromatic heterocycles. The van der Waals surface area contributed by atoms with Gasteiger partial charge in [0.05, 0.1) is 17.9 Å². The van der Waals surface area contributed by atoms with Crippen LogP contribution in [0.3, 0.4) is 0 Å². The van der Waals surface area contributed by atoms with E-state index < -0.39 is 0 Å². The third-order valence-electron chi connectivity index (χ3n) is 4.99. The maximum atomic E-state index is 3.56. The maximum Gasteiger partial charge on any atom is 0.0590 e. The Kier molecular flexibility index (Phi) is 7.63. The molecule has 0 fully saturated rings. The Morgan fingerprint density at radius 1 is 0.833 bits per heavy atom. The van der Waals surface area contributed by atoms with Crippen LogP contribution in [0.5, 0.6) is 0 Å². The minimum absolute atomic E-state index is 0.424. The molecule has 2 aromatic rings. The molecule has 0 amide bonds. The first-order chi connectivity index (χ1) is 14.4. The van der Waals surface area contributed by atoms with Crippen molar-refractivity contribution >= 4 is 22.7 Å². The zero-order chi connectivity index (χ0) is 21.5. The molecule has 1 aliphatic rings. The van der Waals surface area contributed by atoms with E-state index in [0.717, 1.165) is 35.7 Å². The number of hydrogen-bond acceptors (Lipinski definition) is 5.